The van der Waals surface area contributed by atoms with Crippen molar-refractivity contribution in [1.29, 1.82) is 0 Å². The van der Waals surface area contributed by atoms with Crippen LogP contribution in [0.15, 0.2) is 30.7 Å². The molecule has 2 heterocycles. The molecule has 0 saturated carbocycles. The fourth-order valence-corrected chi connectivity index (χ4v) is 1.58. The van der Waals surface area contributed by atoms with Crippen molar-refractivity contribution in [3.05, 3.63) is 47.5 Å². The molecule has 0 fully saturated rings. The molecule has 0 radical (unpaired) electrons. The molecule has 0 aliphatic carbocycles. The molecule has 5 heteroatoms. The minimum absolute atomic E-state index is 0.133. The largest absolute Gasteiger partial charge is 0.347 e. The first kappa shape index (κ1) is 11.3. The van der Waals surface area contributed by atoms with E-state index in [1.807, 2.05) is 13.0 Å². The third kappa shape index (κ3) is 2.69. The van der Waals surface area contributed by atoms with Gasteiger partial charge in [-0.05, 0) is 24.1 Å². The number of nitrogens with one attached hydrogen (secondary N) is 1. The van der Waals surface area contributed by atoms with Crippen LogP contribution in [-0.4, -0.2) is 20.7 Å². The fraction of sp³-hybridized carbons (Fsp3) is 0.250. The van der Waals surface area contributed by atoms with Gasteiger partial charge in [0.05, 0.1) is 0 Å². The first-order valence-corrected chi connectivity index (χ1v) is 5.33. The Morgan fingerprint density at radius 2 is 2.29 bits per heavy atom. The van der Waals surface area contributed by atoms with Gasteiger partial charge in [0.25, 0.3) is 5.91 Å². The van der Waals surface area contributed by atoms with Crippen LogP contribution in [0.1, 0.15) is 21.6 Å². The lowest BCUT2D eigenvalue weighted by molar-refractivity contribution is 0.0941. The molecule has 0 bridgehead atoms. The van der Waals surface area contributed by atoms with Crippen molar-refractivity contribution in [3.63, 3.8) is 0 Å². The van der Waals surface area contributed by atoms with Gasteiger partial charge in [0, 0.05) is 32.2 Å². The molecule has 2 aromatic heterocycles. The molecule has 1 N–H and O–H groups in total. The van der Waals surface area contributed by atoms with Crippen LogP contribution in [0.25, 0.3) is 0 Å². The zero-order valence-corrected chi connectivity index (χ0v) is 9.84. The van der Waals surface area contributed by atoms with E-state index in [0.717, 1.165) is 11.1 Å². The molecule has 0 spiro atoms. The Bertz CT molecular complexity index is 533. The average molecular weight is 230 g/mol. The van der Waals surface area contributed by atoms with E-state index in [1.54, 1.807) is 36.4 Å². The molecule has 1 amide bonds. The topological polar surface area (TPSA) is 59.8 Å². The van der Waals surface area contributed by atoms with E-state index in [2.05, 4.69) is 15.4 Å². The molecule has 0 unspecified atom stereocenters. The Morgan fingerprint density at radius 1 is 1.47 bits per heavy atom. The number of aromatic nitrogens is 3. The van der Waals surface area contributed by atoms with Crippen molar-refractivity contribution in [2.45, 2.75) is 13.5 Å². The number of carbonyl (C=O) groups excluding carboxylic acids is 1. The van der Waals surface area contributed by atoms with Crippen LogP contribution in [0.5, 0.6) is 0 Å². The summed E-state index contributed by atoms with van der Waals surface area (Å²) < 4.78 is 1.55. The van der Waals surface area contributed by atoms with Gasteiger partial charge in [0.15, 0.2) is 0 Å². The van der Waals surface area contributed by atoms with Crippen molar-refractivity contribution in [1.82, 2.24) is 20.1 Å². The zero-order valence-electron chi connectivity index (χ0n) is 9.84. The Balaban J connectivity index is 1.99. The molecular weight excluding hydrogens is 216 g/mol. The predicted octanol–water partition coefficient (Wildman–Crippen LogP) is 1.05. The SMILES string of the molecule is Cc1cncc(CNC(=O)c2ccnn2C)c1. The molecule has 0 aliphatic heterocycles. The van der Waals surface area contributed by atoms with Crippen molar-refractivity contribution in [2.75, 3.05) is 0 Å². The first-order chi connectivity index (χ1) is 8.16. The van der Waals surface area contributed by atoms with Gasteiger partial charge in [-0.1, -0.05) is 6.07 Å². The van der Waals surface area contributed by atoms with E-state index in [9.17, 15) is 4.79 Å². The number of nitrogens with zero attached hydrogens (tertiary/aromatic N) is 3. The summed E-state index contributed by atoms with van der Waals surface area (Å²) in [5, 5.41) is 6.78. The van der Waals surface area contributed by atoms with Crippen LogP contribution in [0, 0.1) is 6.92 Å². The number of pyridine rings is 1. The second-order valence-electron chi connectivity index (χ2n) is 3.89. The van der Waals surface area contributed by atoms with E-state index in [0.29, 0.717) is 12.2 Å². The molecule has 0 aliphatic rings. The summed E-state index contributed by atoms with van der Waals surface area (Å²) in [6.45, 7) is 2.44. The molecule has 17 heavy (non-hydrogen) atoms. The van der Waals surface area contributed by atoms with Crippen molar-refractivity contribution >= 4 is 5.91 Å². The minimum Gasteiger partial charge on any atom is -0.347 e. The Labute approximate surface area is 99.5 Å². The normalized spacial score (nSPS) is 10.2. The molecule has 0 saturated heterocycles. The van der Waals surface area contributed by atoms with E-state index in [4.69, 9.17) is 0 Å². The smallest absolute Gasteiger partial charge is 0.269 e. The number of rotatable bonds is 3. The Morgan fingerprint density at radius 3 is 2.94 bits per heavy atom. The lowest BCUT2D eigenvalue weighted by atomic mass is 10.2. The van der Waals surface area contributed by atoms with Crippen LogP contribution < -0.4 is 5.32 Å². The molecule has 2 aromatic rings. The van der Waals surface area contributed by atoms with Gasteiger partial charge >= 0.3 is 0 Å². The molecule has 0 aromatic carbocycles. The summed E-state index contributed by atoms with van der Waals surface area (Å²) in [6, 6.07) is 3.68. The zero-order chi connectivity index (χ0) is 12.3. The highest BCUT2D eigenvalue weighted by Gasteiger charge is 2.08. The average Bonchev–Trinajstić information content (AvgIpc) is 2.72. The van der Waals surface area contributed by atoms with Gasteiger partial charge in [-0.25, -0.2) is 0 Å². The maximum Gasteiger partial charge on any atom is 0.269 e. The maximum absolute atomic E-state index is 11.8. The predicted molar refractivity (Wildman–Crippen MR) is 63.4 cm³/mol. The summed E-state index contributed by atoms with van der Waals surface area (Å²) >= 11 is 0. The van der Waals surface area contributed by atoms with Crippen LogP contribution in [0.4, 0.5) is 0 Å². The van der Waals surface area contributed by atoms with Crippen LogP contribution >= 0.6 is 0 Å². The van der Waals surface area contributed by atoms with Gasteiger partial charge < -0.3 is 5.32 Å². The number of amides is 1. The molecule has 2 rings (SSSR count). The lowest BCUT2D eigenvalue weighted by Gasteiger charge is -2.05. The van der Waals surface area contributed by atoms with Crippen LogP contribution in [0.2, 0.25) is 0 Å². The summed E-state index contributed by atoms with van der Waals surface area (Å²) in [6.07, 6.45) is 5.13. The summed E-state index contributed by atoms with van der Waals surface area (Å²) in [4.78, 5) is 15.9. The van der Waals surface area contributed by atoms with E-state index in [1.165, 1.54) is 0 Å². The highest BCUT2D eigenvalue weighted by atomic mass is 16.2. The third-order valence-corrected chi connectivity index (χ3v) is 2.44. The second-order valence-corrected chi connectivity index (χ2v) is 3.89. The molecule has 88 valence electrons. The van der Waals surface area contributed by atoms with Gasteiger partial charge in [-0.2, -0.15) is 5.10 Å². The maximum atomic E-state index is 11.8. The Kier molecular flexibility index (Phi) is 3.18. The first-order valence-electron chi connectivity index (χ1n) is 5.33. The van der Waals surface area contributed by atoms with Crippen LogP contribution in [0.3, 0.4) is 0 Å². The highest BCUT2D eigenvalue weighted by molar-refractivity contribution is 5.92. The summed E-state index contributed by atoms with van der Waals surface area (Å²) in [5.74, 6) is -0.133. The number of carbonyl (C=O) groups is 1. The minimum atomic E-state index is -0.133. The monoisotopic (exact) mass is 230 g/mol. The van der Waals surface area contributed by atoms with Crippen molar-refractivity contribution in [2.24, 2.45) is 7.05 Å². The van der Waals surface area contributed by atoms with Gasteiger partial charge in [0.2, 0.25) is 0 Å². The summed E-state index contributed by atoms with van der Waals surface area (Å²) in [5.41, 5.74) is 2.61. The quantitative estimate of drug-likeness (QED) is 0.857. The lowest BCUT2D eigenvalue weighted by Crippen LogP contribution is -2.25. The number of hydrogen-bond acceptors (Lipinski definition) is 3. The summed E-state index contributed by atoms with van der Waals surface area (Å²) in [7, 11) is 1.74. The van der Waals surface area contributed by atoms with Crippen molar-refractivity contribution < 1.29 is 4.79 Å². The molecule has 0 atom stereocenters. The van der Waals surface area contributed by atoms with Gasteiger partial charge in [-0.15, -0.1) is 0 Å². The fourth-order valence-electron chi connectivity index (χ4n) is 1.58. The van der Waals surface area contributed by atoms with Crippen molar-refractivity contribution in [3.8, 4) is 0 Å². The van der Waals surface area contributed by atoms with E-state index < -0.39 is 0 Å². The van der Waals surface area contributed by atoms with E-state index >= 15 is 0 Å². The van der Waals surface area contributed by atoms with Gasteiger partial charge in [0.1, 0.15) is 5.69 Å². The number of hydrogen-bond donors (Lipinski definition) is 1. The Hall–Kier alpha value is -2.17. The van der Waals surface area contributed by atoms with E-state index in [-0.39, 0.29) is 5.91 Å². The molecular formula is C12H14N4O. The van der Waals surface area contributed by atoms with Crippen LogP contribution in [-0.2, 0) is 13.6 Å². The highest BCUT2D eigenvalue weighted by Crippen LogP contribution is 2.02. The van der Waals surface area contributed by atoms with Gasteiger partial charge in [-0.3, -0.25) is 14.5 Å². The standard InChI is InChI=1S/C12H14N4O/c1-9-5-10(7-13-6-9)8-14-12(17)11-3-4-15-16(11)2/h3-7H,8H2,1-2H3,(H,14,17). The third-order valence-electron chi connectivity index (χ3n) is 2.44. The second kappa shape index (κ2) is 4.78. The molecule has 5 nitrogen and oxygen atoms in total. The number of aryl methyl sites for hydroxylation is 2.